The molecule has 3 nitrogen and oxygen atoms in total. The van der Waals surface area contributed by atoms with Gasteiger partial charge in [-0.25, -0.2) is 0 Å². The van der Waals surface area contributed by atoms with E-state index in [1.165, 1.54) is 44.3 Å². The van der Waals surface area contributed by atoms with Crippen LogP contribution in [0.4, 0.5) is 0 Å². The Morgan fingerprint density at radius 3 is 1.76 bits per heavy atom. The SMILES string of the molecule is CCCCN(CCCC)CCCN(Cc1ccccc1)C(=O)Cc1ccccc1. The zero-order valence-electron chi connectivity index (χ0n) is 18.4. The molecule has 0 spiro atoms. The van der Waals surface area contributed by atoms with Gasteiger partial charge in [-0.2, -0.15) is 0 Å². The van der Waals surface area contributed by atoms with Gasteiger partial charge >= 0.3 is 0 Å². The maximum absolute atomic E-state index is 13.0. The van der Waals surface area contributed by atoms with Gasteiger partial charge in [0.1, 0.15) is 0 Å². The largest absolute Gasteiger partial charge is 0.338 e. The molecule has 29 heavy (non-hydrogen) atoms. The number of amides is 1. The smallest absolute Gasteiger partial charge is 0.227 e. The molecule has 0 bridgehead atoms. The van der Waals surface area contributed by atoms with Gasteiger partial charge in [-0.3, -0.25) is 4.79 Å². The number of benzene rings is 2. The van der Waals surface area contributed by atoms with Crippen LogP contribution in [0.1, 0.15) is 57.1 Å². The average Bonchev–Trinajstić information content (AvgIpc) is 2.76. The zero-order chi connectivity index (χ0) is 20.7. The van der Waals surface area contributed by atoms with Crippen molar-refractivity contribution in [3.63, 3.8) is 0 Å². The van der Waals surface area contributed by atoms with Crippen molar-refractivity contribution in [1.29, 1.82) is 0 Å². The molecule has 0 saturated heterocycles. The number of nitrogens with zero attached hydrogens (tertiary/aromatic N) is 2. The zero-order valence-corrected chi connectivity index (χ0v) is 18.4. The molecule has 0 fully saturated rings. The van der Waals surface area contributed by atoms with E-state index >= 15 is 0 Å². The van der Waals surface area contributed by atoms with Gasteiger partial charge in [0.25, 0.3) is 0 Å². The Hall–Kier alpha value is -2.13. The summed E-state index contributed by atoms with van der Waals surface area (Å²) >= 11 is 0. The lowest BCUT2D eigenvalue weighted by molar-refractivity contribution is -0.131. The van der Waals surface area contributed by atoms with E-state index in [9.17, 15) is 4.79 Å². The summed E-state index contributed by atoms with van der Waals surface area (Å²) in [7, 11) is 0. The third-order valence-corrected chi connectivity index (χ3v) is 5.33. The molecular weight excluding hydrogens is 356 g/mol. The van der Waals surface area contributed by atoms with Crippen LogP contribution in [0.3, 0.4) is 0 Å². The van der Waals surface area contributed by atoms with Gasteiger partial charge < -0.3 is 9.80 Å². The lowest BCUT2D eigenvalue weighted by Crippen LogP contribution is -2.35. The van der Waals surface area contributed by atoms with E-state index in [0.717, 1.165) is 25.1 Å². The summed E-state index contributed by atoms with van der Waals surface area (Å²) in [5.41, 5.74) is 2.28. The molecule has 0 heterocycles. The van der Waals surface area contributed by atoms with E-state index in [0.29, 0.717) is 13.0 Å². The molecule has 2 rings (SSSR count). The Morgan fingerprint density at radius 1 is 0.690 bits per heavy atom. The van der Waals surface area contributed by atoms with Crippen LogP contribution in [-0.2, 0) is 17.8 Å². The summed E-state index contributed by atoms with van der Waals surface area (Å²) in [6, 6.07) is 20.4. The molecule has 3 heteroatoms. The average molecular weight is 395 g/mol. The van der Waals surface area contributed by atoms with E-state index in [-0.39, 0.29) is 5.91 Å². The minimum absolute atomic E-state index is 0.216. The molecule has 158 valence electrons. The number of carbonyl (C=O) groups excluding carboxylic acids is 1. The predicted octanol–water partition coefficient (Wildman–Crippen LogP) is 5.55. The number of hydrogen-bond acceptors (Lipinski definition) is 2. The van der Waals surface area contributed by atoms with Gasteiger partial charge in [-0.05, 0) is 50.0 Å². The lowest BCUT2D eigenvalue weighted by Gasteiger charge is -2.26. The summed E-state index contributed by atoms with van der Waals surface area (Å²) in [6.07, 6.45) is 6.48. The summed E-state index contributed by atoms with van der Waals surface area (Å²) in [5, 5.41) is 0. The standard InChI is InChI=1S/C26H38N2O/c1-3-5-18-27(19-6-4-2)20-13-21-28(23-25-16-11-8-12-17-25)26(29)22-24-14-9-7-10-15-24/h7-12,14-17H,3-6,13,18-23H2,1-2H3. The number of rotatable bonds is 14. The highest BCUT2D eigenvalue weighted by Gasteiger charge is 2.15. The predicted molar refractivity (Wildman–Crippen MR) is 123 cm³/mol. The molecule has 0 aromatic heterocycles. The van der Waals surface area contributed by atoms with Crippen LogP contribution >= 0.6 is 0 Å². The highest BCUT2D eigenvalue weighted by molar-refractivity contribution is 5.78. The van der Waals surface area contributed by atoms with Crippen molar-refractivity contribution in [2.45, 2.75) is 58.9 Å². The number of carbonyl (C=O) groups is 1. The minimum Gasteiger partial charge on any atom is -0.338 e. The van der Waals surface area contributed by atoms with E-state index in [1.807, 2.05) is 53.4 Å². The molecule has 0 unspecified atom stereocenters. The van der Waals surface area contributed by atoms with Gasteiger partial charge in [0.15, 0.2) is 0 Å². The van der Waals surface area contributed by atoms with E-state index < -0.39 is 0 Å². The highest BCUT2D eigenvalue weighted by atomic mass is 16.2. The Morgan fingerprint density at radius 2 is 1.21 bits per heavy atom. The van der Waals surface area contributed by atoms with Crippen LogP contribution < -0.4 is 0 Å². The van der Waals surface area contributed by atoms with Gasteiger partial charge in [0.2, 0.25) is 5.91 Å². The second-order valence-corrected chi connectivity index (χ2v) is 7.87. The number of unbranched alkanes of at least 4 members (excludes halogenated alkanes) is 2. The maximum atomic E-state index is 13.0. The van der Waals surface area contributed by atoms with Crippen LogP contribution in [-0.4, -0.2) is 41.9 Å². The fraction of sp³-hybridized carbons (Fsp3) is 0.500. The van der Waals surface area contributed by atoms with Crippen molar-refractivity contribution in [2.24, 2.45) is 0 Å². The van der Waals surface area contributed by atoms with Crippen molar-refractivity contribution in [3.05, 3.63) is 71.8 Å². The summed E-state index contributed by atoms with van der Waals surface area (Å²) < 4.78 is 0. The third-order valence-electron chi connectivity index (χ3n) is 5.33. The van der Waals surface area contributed by atoms with Crippen molar-refractivity contribution in [2.75, 3.05) is 26.2 Å². The molecule has 0 atom stereocenters. The fourth-order valence-corrected chi connectivity index (χ4v) is 3.56. The lowest BCUT2D eigenvalue weighted by atomic mass is 10.1. The molecule has 0 aliphatic rings. The fourth-order valence-electron chi connectivity index (χ4n) is 3.56. The molecule has 0 aliphatic carbocycles. The molecule has 1 amide bonds. The normalized spacial score (nSPS) is 11.0. The molecule has 0 aliphatic heterocycles. The Labute approximate surface area is 177 Å². The van der Waals surface area contributed by atoms with Crippen LogP contribution in [0.5, 0.6) is 0 Å². The highest BCUT2D eigenvalue weighted by Crippen LogP contribution is 2.10. The van der Waals surface area contributed by atoms with Crippen molar-refractivity contribution < 1.29 is 4.79 Å². The third kappa shape index (κ3) is 9.27. The summed E-state index contributed by atoms with van der Waals surface area (Å²) in [6.45, 7) is 9.43. The monoisotopic (exact) mass is 394 g/mol. The Kier molecular flexibility index (Phi) is 11.1. The Balaban J connectivity index is 1.95. The van der Waals surface area contributed by atoms with Crippen LogP contribution in [0.15, 0.2) is 60.7 Å². The van der Waals surface area contributed by atoms with Crippen molar-refractivity contribution >= 4 is 5.91 Å². The molecule has 0 N–H and O–H groups in total. The van der Waals surface area contributed by atoms with Crippen LogP contribution in [0, 0.1) is 0 Å². The van der Waals surface area contributed by atoms with E-state index in [4.69, 9.17) is 0 Å². The summed E-state index contributed by atoms with van der Waals surface area (Å²) in [4.78, 5) is 17.7. The molecule has 2 aromatic rings. The first kappa shape index (κ1) is 23.2. The van der Waals surface area contributed by atoms with E-state index in [2.05, 4.69) is 30.9 Å². The van der Waals surface area contributed by atoms with Gasteiger partial charge in [-0.15, -0.1) is 0 Å². The minimum atomic E-state index is 0.216. The first-order chi connectivity index (χ1) is 14.2. The summed E-state index contributed by atoms with van der Waals surface area (Å²) in [5.74, 6) is 0.216. The molecular formula is C26H38N2O. The maximum Gasteiger partial charge on any atom is 0.227 e. The first-order valence-electron chi connectivity index (χ1n) is 11.3. The van der Waals surface area contributed by atoms with E-state index in [1.54, 1.807) is 0 Å². The number of hydrogen-bond donors (Lipinski definition) is 0. The topological polar surface area (TPSA) is 23.6 Å². The van der Waals surface area contributed by atoms with Crippen molar-refractivity contribution in [1.82, 2.24) is 9.80 Å². The van der Waals surface area contributed by atoms with Gasteiger partial charge in [-0.1, -0.05) is 87.4 Å². The second-order valence-electron chi connectivity index (χ2n) is 7.87. The van der Waals surface area contributed by atoms with Gasteiger partial charge in [0.05, 0.1) is 6.42 Å². The van der Waals surface area contributed by atoms with Crippen LogP contribution in [0.2, 0.25) is 0 Å². The second kappa shape index (κ2) is 13.9. The quantitative estimate of drug-likeness (QED) is 0.419. The molecule has 0 radical (unpaired) electrons. The van der Waals surface area contributed by atoms with Gasteiger partial charge in [0, 0.05) is 13.1 Å². The molecule has 0 saturated carbocycles. The Bertz CT molecular complexity index is 664. The first-order valence-corrected chi connectivity index (χ1v) is 11.3. The molecule has 2 aromatic carbocycles. The van der Waals surface area contributed by atoms with Crippen molar-refractivity contribution in [3.8, 4) is 0 Å². The van der Waals surface area contributed by atoms with Crippen LogP contribution in [0.25, 0.3) is 0 Å².